The number of hydrogen-bond acceptors (Lipinski definition) is 6. The van der Waals surface area contributed by atoms with E-state index in [-0.39, 0.29) is 0 Å². The Morgan fingerprint density at radius 3 is 2.77 bits per heavy atom. The Morgan fingerprint density at radius 2 is 2.23 bits per heavy atom. The van der Waals surface area contributed by atoms with Crippen molar-refractivity contribution in [3.8, 4) is 11.8 Å². The van der Waals surface area contributed by atoms with Crippen LogP contribution in [0, 0.1) is 17.7 Å². The number of nitrogens with two attached hydrogens (primary N) is 1. The molecule has 0 bridgehead atoms. The third-order valence-electron chi connectivity index (χ3n) is 3.49. The van der Waals surface area contributed by atoms with E-state index in [0.717, 1.165) is 0 Å². The molecule has 0 radical (unpaired) electrons. The molecular weight excluding hydrogens is 297 g/mol. The summed E-state index contributed by atoms with van der Waals surface area (Å²) in [5, 5.41) is 19.9. The molecule has 0 saturated carbocycles. The summed E-state index contributed by atoms with van der Waals surface area (Å²) in [6, 6.07) is 0. The standard InChI is InChI=1S/C13H16FN3O5/c1-3-4-13(15)9(19)8(6(2)18)22-11(13)17-5-7(14)10(20)16-12(17)21/h5-6,8-9,11,18-19H,15H2,1-2H3,(H,16,20,21)/t6-,8+,9?,11+,13+/m0/s1. The average Bonchev–Trinajstić information content (AvgIpc) is 2.68. The molecule has 2 rings (SSSR count). The average molecular weight is 313 g/mol. The lowest BCUT2D eigenvalue weighted by molar-refractivity contribution is -0.0781. The number of rotatable bonds is 2. The van der Waals surface area contributed by atoms with Gasteiger partial charge in [-0.3, -0.25) is 14.3 Å². The van der Waals surface area contributed by atoms with Crippen LogP contribution in [0.1, 0.15) is 20.1 Å². The van der Waals surface area contributed by atoms with Gasteiger partial charge in [0, 0.05) is 0 Å². The molecule has 120 valence electrons. The molecule has 22 heavy (non-hydrogen) atoms. The van der Waals surface area contributed by atoms with Gasteiger partial charge in [0.1, 0.15) is 12.2 Å². The quantitative estimate of drug-likeness (QED) is 0.469. The van der Waals surface area contributed by atoms with Gasteiger partial charge in [-0.2, -0.15) is 4.39 Å². The molecule has 0 aliphatic carbocycles. The summed E-state index contributed by atoms with van der Waals surface area (Å²) >= 11 is 0. The van der Waals surface area contributed by atoms with Crippen LogP contribution in [0.25, 0.3) is 0 Å². The molecule has 1 aliphatic rings. The van der Waals surface area contributed by atoms with Crippen molar-refractivity contribution in [1.82, 2.24) is 9.55 Å². The summed E-state index contributed by atoms with van der Waals surface area (Å²) in [4.78, 5) is 24.7. The summed E-state index contributed by atoms with van der Waals surface area (Å²) in [6.45, 7) is 2.83. The molecule has 0 amide bonds. The van der Waals surface area contributed by atoms with E-state index < -0.39 is 47.1 Å². The first-order valence-electron chi connectivity index (χ1n) is 6.47. The highest BCUT2D eigenvalue weighted by Crippen LogP contribution is 2.36. The molecule has 5 atom stereocenters. The van der Waals surface area contributed by atoms with Gasteiger partial charge in [-0.05, 0) is 13.8 Å². The number of aromatic nitrogens is 2. The molecule has 1 saturated heterocycles. The van der Waals surface area contributed by atoms with Gasteiger partial charge in [-0.25, -0.2) is 4.79 Å². The molecule has 2 heterocycles. The number of aromatic amines is 1. The summed E-state index contributed by atoms with van der Waals surface area (Å²) < 4.78 is 19.6. The molecule has 8 nitrogen and oxygen atoms in total. The smallest absolute Gasteiger partial charge is 0.330 e. The zero-order chi connectivity index (χ0) is 16.7. The lowest BCUT2D eigenvalue weighted by Gasteiger charge is -2.27. The van der Waals surface area contributed by atoms with Gasteiger partial charge in [-0.15, -0.1) is 5.92 Å². The number of hydrogen-bond donors (Lipinski definition) is 4. The number of H-pyrrole nitrogens is 1. The zero-order valence-corrected chi connectivity index (χ0v) is 11.9. The highest BCUT2D eigenvalue weighted by Gasteiger charge is 2.55. The van der Waals surface area contributed by atoms with Gasteiger partial charge in [0.05, 0.1) is 12.3 Å². The molecule has 0 aromatic carbocycles. The van der Waals surface area contributed by atoms with Crippen LogP contribution in [0.2, 0.25) is 0 Å². The molecule has 1 aliphatic heterocycles. The van der Waals surface area contributed by atoms with Gasteiger partial charge >= 0.3 is 5.69 Å². The molecule has 0 spiro atoms. The third-order valence-corrected chi connectivity index (χ3v) is 3.49. The number of aliphatic hydroxyl groups is 2. The second-order valence-corrected chi connectivity index (χ2v) is 5.09. The van der Waals surface area contributed by atoms with Crippen molar-refractivity contribution < 1.29 is 19.3 Å². The fourth-order valence-corrected chi connectivity index (χ4v) is 2.41. The molecular formula is C13H16FN3O5. The van der Waals surface area contributed by atoms with Crippen LogP contribution in [-0.4, -0.2) is 43.6 Å². The van der Waals surface area contributed by atoms with E-state index in [9.17, 15) is 24.2 Å². The maximum Gasteiger partial charge on any atom is 0.330 e. The SMILES string of the molecule is CC#C[C@@]1(N)C(O)[C@@H]([C@H](C)O)O[C@H]1n1cc(F)c(=O)[nH]c1=O. The van der Waals surface area contributed by atoms with Crippen LogP contribution >= 0.6 is 0 Å². The second-order valence-electron chi connectivity index (χ2n) is 5.09. The summed E-state index contributed by atoms with van der Waals surface area (Å²) in [5.74, 6) is 3.82. The Labute approximate surface area is 124 Å². The lowest BCUT2D eigenvalue weighted by Crippen LogP contribution is -2.55. The van der Waals surface area contributed by atoms with Crippen LogP contribution in [0.4, 0.5) is 4.39 Å². The van der Waals surface area contributed by atoms with E-state index in [1.54, 1.807) is 4.98 Å². The topological polar surface area (TPSA) is 131 Å². The monoisotopic (exact) mass is 313 g/mol. The van der Waals surface area contributed by atoms with E-state index in [1.165, 1.54) is 13.8 Å². The van der Waals surface area contributed by atoms with Crippen LogP contribution in [0.15, 0.2) is 15.8 Å². The maximum atomic E-state index is 13.5. The predicted octanol–water partition coefficient (Wildman–Crippen LogP) is -1.96. The van der Waals surface area contributed by atoms with E-state index >= 15 is 0 Å². The first-order valence-corrected chi connectivity index (χ1v) is 6.47. The van der Waals surface area contributed by atoms with Crippen molar-refractivity contribution in [3.05, 3.63) is 32.9 Å². The lowest BCUT2D eigenvalue weighted by atomic mass is 9.90. The van der Waals surface area contributed by atoms with E-state index in [4.69, 9.17) is 10.5 Å². The van der Waals surface area contributed by atoms with Gasteiger partial charge in [0.25, 0.3) is 5.56 Å². The summed E-state index contributed by atoms with van der Waals surface area (Å²) in [5.41, 5.74) is 2.13. The zero-order valence-electron chi connectivity index (χ0n) is 11.9. The minimum absolute atomic E-state index is 0.627. The van der Waals surface area contributed by atoms with Gasteiger partial charge in [0.15, 0.2) is 11.8 Å². The maximum absolute atomic E-state index is 13.5. The highest BCUT2D eigenvalue weighted by atomic mass is 19.1. The fraction of sp³-hybridized carbons (Fsp3) is 0.538. The Hall–Kier alpha value is -1.99. The van der Waals surface area contributed by atoms with Crippen LogP contribution < -0.4 is 17.0 Å². The fourth-order valence-electron chi connectivity index (χ4n) is 2.41. The van der Waals surface area contributed by atoms with Crippen molar-refractivity contribution in [2.24, 2.45) is 5.73 Å². The van der Waals surface area contributed by atoms with Crippen molar-refractivity contribution in [2.75, 3.05) is 0 Å². The Kier molecular flexibility index (Phi) is 4.21. The normalized spacial score (nSPS) is 32.4. The van der Waals surface area contributed by atoms with E-state index in [1.807, 2.05) is 0 Å². The van der Waals surface area contributed by atoms with E-state index in [0.29, 0.717) is 10.8 Å². The van der Waals surface area contributed by atoms with Crippen LogP contribution in [0.5, 0.6) is 0 Å². The molecule has 1 aromatic heterocycles. The molecule has 1 unspecified atom stereocenters. The van der Waals surface area contributed by atoms with Gasteiger partial charge in [-0.1, -0.05) is 5.92 Å². The second kappa shape index (κ2) is 5.66. The number of nitrogens with one attached hydrogen (secondary N) is 1. The number of ether oxygens (including phenoxy) is 1. The number of halogens is 1. The van der Waals surface area contributed by atoms with Crippen LogP contribution in [-0.2, 0) is 4.74 Å². The van der Waals surface area contributed by atoms with Crippen molar-refractivity contribution in [3.63, 3.8) is 0 Å². The van der Waals surface area contributed by atoms with Crippen molar-refractivity contribution >= 4 is 0 Å². The minimum atomic E-state index is -1.76. The Morgan fingerprint density at radius 1 is 1.59 bits per heavy atom. The minimum Gasteiger partial charge on any atom is -0.391 e. The molecule has 1 fully saturated rings. The Bertz CT molecular complexity index is 747. The summed E-state index contributed by atoms with van der Waals surface area (Å²) in [7, 11) is 0. The molecule has 9 heteroatoms. The molecule has 1 aromatic rings. The first-order chi connectivity index (χ1) is 10.2. The third kappa shape index (κ3) is 2.46. The summed E-state index contributed by atoms with van der Waals surface area (Å²) in [6.07, 6.45) is -4.41. The van der Waals surface area contributed by atoms with Crippen molar-refractivity contribution in [2.45, 2.75) is 43.9 Å². The Balaban J connectivity index is 2.61. The van der Waals surface area contributed by atoms with E-state index in [2.05, 4.69) is 11.8 Å². The highest BCUT2D eigenvalue weighted by molar-refractivity contribution is 5.25. The first kappa shape index (κ1) is 16.4. The number of nitrogens with zero attached hydrogens (tertiary/aromatic N) is 1. The van der Waals surface area contributed by atoms with Gasteiger partial charge < -0.3 is 20.7 Å². The predicted molar refractivity (Wildman–Crippen MR) is 73.2 cm³/mol. The molecule has 5 N–H and O–H groups in total. The van der Waals surface area contributed by atoms with Crippen LogP contribution in [0.3, 0.4) is 0 Å². The van der Waals surface area contributed by atoms with Gasteiger partial charge in [0.2, 0.25) is 5.82 Å². The van der Waals surface area contributed by atoms with Crippen molar-refractivity contribution in [1.29, 1.82) is 0 Å². The largest absolute Gasteiger partial charge is 0.391 e. The number of aliphatic hydroxyl groups excluding tert-OH is 2.